The maximum atomic E-state index is 9.42. The molecular weight excluding hydrogens is 220 g/mol. The predicted octanol–water partition coefficient (Wildman–Crippen LogP) is 5.85. The maximum absolute atomic E-state index is 9.42. The lowest BCUT2D eigenvalue weighted by molar-refractivity contribution is 0.156. The highest BCUT2D eigenvalue weighted by Crippen LogP contribution is 2.13. The first kappa shape index (κ1) is 18.0. The standard InChI is InChI=1S/C17H36O/c1-3-5-6-7-8-9-10-11-12-13-14-15-16-17(18)4-2/h17-18H,3-16H2,1-2H3/t17-/m0/s1. The molecule has 0 aliphatic carbocycles. The number of hydrogen-bond donors (Lipinski definition) is 1. The first-order valence-electron chi connectivity index (χ1n) is 8.49. The monoisotopic (exact) mass is 256 g/mol. The second-order valence-electron chi connectivity index (χ2n) is 5.74. The topological polar surface area (TPSA) is 20.2 Å². The van der Waals surface area contributed by atoms with Crippen LogP contribution < -0.4 is 0 Å². The Bertz CT molecular complexity index is 145. The van der Waals surface area contributed by atoms with Gasteiger partial charge in [0.2, 0.25) is 0 Å². The summed E-state index contributed by atoms with van der Waals surface area (Å²) in [6, 6.07) is 0. The van der Waals surface area contributed by atoms with Gasteiger partial charge in [-0.15, -0.1) is 0 Å². The molecule has 110 valence electrons. The zero-order chi connectivity index (χ0) is 13.5. The van der Waals surface area contributed by atoms with Gasteiger partial charge in [-0.3, -0.25) is 0 Å². The van der Waals surface area contributed by atoms with Crippen molar-refractivity contribution in [3.8, 4) is 0 Å². The summed E-state index contributed by atoms with van der Waals surface area (Å²) in [5, 5.41) is 9.42. The van der Waals surface area contributed by atoms with Crippen LogP contribution in [-0.4, -0.2) is 11.2 Å². The van der Waals surface area contributed by atoms with E-state index in [9.17, 15) is 5.11 Å². The van der Waals surface area contributed by atoms with Crippen LogP contribution in [0.25, 0.3) is 0 Å². The molecule has 0 aromatic heterocycles. The summed E-state index contributed by atoms with van der Waals surface area (Å²) in [6.07, 6.45) is 18.6. The molecule has 0 rings (SSSR count). The SMILES string of the molecule is CCCCCCCCCCCCCC[C@@H](O)CC. The molecule has 0 heterocycles. The van der Waals surface area contributed by atoms with Crippen molar-refractivity contribution in [3.63, 3.8) is 0 Å². The summed E-state index contributed by atoms with van der Waals surface area (Å²) >= 11 is 0. The van der Waals surface area contributed by atoms with Crippen molar-refractivity contribution in [2.75, 3.05) is 0 Å². The predicted molar refractivity (Wildman–Crippen MR) is 82.0 cm³/mol. The van der Waals surface area contributed by atoms with E-state index in [1.807, 2.05) is 0 Å². The average molecular weight is 256 g/mol. The Balaban J connectivity index is 2.94. The molecule has 1 N–H and O–H groups in total. The minimum Gasteiger partial charge on any atom is -0.393 e. The van der Waals surface area contributed by atoms with E-state index < -0.39 is 0 Å². The van der Waals surface area contributed by atoms with Gasteiger partial charge in [0.25, 0.3) is 0 Å². The second-order valence-corrected chi connectivity index (χ2v) is 5.74. The van der Waals surface area contributed by atoms with Gasteiger partial charge in [-0.05, 0) is 12.8 Å². The molecule has 0 amide bonds. The number of hydrogen-bond acceptors (Lipinski definition) is 1. The van der Waals surface area contributed by atoms with Crippen LogP contribution in [0, 0.1) is 0 Å². The molecule has 1 atom stereocenters. The third-order valence-corrected chi connectivity index (χ3v) is 3.86. The van der Waals surface area contributed by atoms with Crippen molar-refractivity contribution in [1.29, 1.82) is 0 Å². The Morgan fingerprint density at radius 1 is 0.611 bits per heavy atom. The van der Waals surface area contributed by atoms with Crippen LogP contribution in [0.15, 0.2) is 0 Å². The highest BCUT2D eigenvalue weighted by atomic mass is 16.3. The van der Waals surface area contributed by atoms with Crippen LogP contribution in [0.4, 0.5) is 0 Å². The quantitative estimate of drug-likeness (QED) is 0.387. The summed E-state index contributed by atoms with van der Waals surface area (Å²) in [7, 11) is 0. The van der Waals surface area contributed by atoms with E-state index in [1.54, 1.807) is 0 Å². The van der Waals surface area contributed by atoms with Crippen LogP contribution in [0.2, 0.25) is 0 Å². The zero-order valence-corrected chi connectivity index (χ0v) is 12.9. The molecule has 0 unspecified atom stereocenters. The van der Waals surface area contributed by atoms with E-state index in [-0.39, 0.29) is 6.10 Å². The van der Waals surface area contributed by atoms with Gasteiger partial charge < -0.3 is 5.11 Å². The highest BCUT2D eigenvalue weighted by Gasteiger charge is 1.99. The molecule has 0 aromatic rings. The molecule has 0 fully saturated rings. The lowest BCUT2D eigenvalue weighted by Gasteiger charge is -2.06. The van der Waals surface area contributed by atoms with Gasteiger partial charge in [0, 0.05) is 0 Å². The van der Waals surface area contributed by atoms with Crippen LogP contribution in [0.1, 0.15) is 104 Å². The summed E-state index contributed by atoms with van der Waals surface area (Å²) in [4.78, 5) is 0. The third kappa shape index (κ3) is 14.0. The van der Waals surface area contributed by atoms with E-state index >= 15 is 0 Å². The van der Waals surface area contributed by atoms with Gasteiger partial charge in [-0.25, -0.2) is 0 Å². The number of unbranched alkanes of at least 4 members (excludes halogenated alkanes) is 11. The normalized spacial score (nSPS) is 12.8. The smallest absolute Gasteiger partial charge is 0.0537 e. The fraction of sp³-hybridized carbons (Fsp3) is 1.00. The van der Waals surface area contributed by atoms with E-state index in [1.165, 1.54) is 77.0 Å². The van der Waals surface area contributed by atoms with Gasteiger partial charge in [-0.2, -0.15) is 0 Å². The van der Waals surface area contributed by atoms with Crippen molar-refractivity contribution in [1.82, 2.24) is 0 Å². The number of aliphatic hydroxyl groups is 1. The van der Waals surface area contributed by atoms with Crippen molar-refractivity contribution in [3.05, 3.63) is 0 Å². The van der Waals surface area contributed by atoms with Gasteiger partial charge in [0.05, 0.1) is 6.10 Å². The molecule has 0 saturated carbocycles. The van der Waals surface area contributed by atoms with Crippen LogP contribution in [0.5, 0.6) is 0 Å². The van der Waals surface area contributed by atoms with E-state index in [2.05, 4.69) is 13.8 Å². The largest absolute Gasteiger partial charge is 0.393 e. The maximum Gasteiger partial charge on any atom is 0.0537 e. The summed E-state index contributed by atoms with van der Waals surface area (Å²) in [6.45, 7) is 4.34. The molecule has 0 spiro atoms. The van der Waals surface area contributed by atoms with Gasteiger partial charge in [-0.1, -0.05) is 90.9 Å². The Hall–Kier alpha value is -0.0400. The average Bonchev–Trinajstić information content (AvgIpc) is 2.39. The first-order valence-corrected chi connectivity index (χ1v) is 8.49. The Morgan fingerprint density at radius 3 is 1.39 bits per heavy atom. The molecule has 18 heavy (non-hydrogen) atoms. The van der Waals surface area contributed by atoms with Crippen molar-refractivity contribution in [2.45, 2.75) is 110 Å². The van der Waals surface area contributed by atoms with Gasteiger partial charge in [0.1, 0.15) is 0 Å². The van der Waals surface area contributed by atoms with Gasteiger partial charge >= 0.3 is 0 Å². The zero-order valence-electron chi connectivity index (χ0n) is 12.9. The van der Waals surface area contributed by atoms with E-state index in [0.717, 1.165) is 12.8 Å². The fourth-order valence-corrected chi connectivity index (χ4v) is 2.43. The molecule has 0 aromatic carbocycles. The van der Waals surface area contributed by atoms with E-state index in [4.69, 9.17) is 0 Å². The van der Waals surface area contributed by atoms with Crippen LogP contribution in [0.3, 0.4) is 0 Å². The second kappa shape index (κ2) is 15.0. The number of rotatable bonds is 14. The summed E-state index contributed by atoms with van der Waals surface area (Å²) in [5.74, 6) is 0. The molecule has 0 saturated heterocycles. The minimum absolute atomic E-state index is 0.0480. The molecule has 0 aliphatic rings. The minimum atomic E-state index is -0.0480. The summed E-state index contributed by atoms with van der Waals surface area (Å²) < 4.78 is 0. The van der Waals surface area contributed by atoms with Crippen molar-refractivity contribution in [2.24, 2.45) is 0 Å². The lowest BCUT2D eigenvalue weighted by Crippen LogP contribution is -2.03. The van der Waals surface area contributed by atoms with Crippen LogP contribution in [-0.2, 0) is 0 Å². The van der Waals surface area contributed by atoms with Gasteiger partial charge in [0.15, 0.2) is 0 Å². The Morgan fingerprint density at radius 2 is 1.00 bits per heavy atom. The highest BCUT2D eigenvalue weighted by molar-refractivity contribution is 4.53. The molecule has 1 nitrogen and oxygen atoms in total. The third-order valence-electron chi connectivity index (χ3n) is 3.86. The molecule has 0 radical (unpaired) electrons. The molecular formula is C17H36O. The first-order chi connectivity index (χ1) is 8.81. The molecule has 1 heteroatoms. The van der Waals surface area contributed by atoms with Crippen molar-refractivity contribution < 1.29 is 5.11 Å². The molecule has 0 bridgehead atoms. The summed E-state index contributed by atoms with van der Waals surface area (Å²) in [5.41, 5.74) is 0. The van der Waals surface area contributed by atoms with Crippen molar-refractivity contribution >= 4 is 0 Å². The van der Waals surface area contributed by atoms with Crippen LogP contribution >= 0.6 is 0 Å². The number of aliphatic hydroxyl groups excluding tert-OH is 1. The fourth-order valence-electron chi connectivity index (χ4n) is 2.43. The molecule has 0 aliphatic heterocycles. The Kier molecular flexibility index (Phi) is 15.0. The van der Waals surface area contributed by atoms with E-state index in [0.29, 0.717) is 0 Å². The lowest BCUT2D eigenvalue weighted by atomic mass is 10.0. The Labute approximate surface area is 115 Å².